The molecule has 0 spiro atoms. The summed E-state index contributed by atoms with van der Waals surface area (Å²) in [6.07, 6.45) is 0.454. The maximum absolute atomic E-state index is 10.0. The van der Waals surface area contributed by atoms with Crippen molar-refractivity contribution in [2.45, 2.75) is 32.4 Å². The molecule has 1 atom stereocenters. The maximum Gasteiger partial charge on any atom is 0.328 e. The van der Waals surface area contributed by atoms with Gasteiger partial charge in [0.2, 0.25) is 0 Å². The number of anilines is 1. The molecule has 0 heterocycles. The molecule has 0 aromatic heterocycles. The molecular formula is C16H22Cl2N2O5. The highest BCUT2D eigenvalue weighted by atomic mass is 35.5. The Morgan fingerprint density at radius 3 is 1.88 bits per heavy atom. The topological polar surface area (TPSA) is 133 Å². The van der Waals surface area contributed by atoms with E-state index in [1.165, 1.54) is 0 Å². The molecule has 6 N–H and O–H groups in total. The molecule has 0 bridgehead atoms. The van der Waals surface area contributed by atoms with Crippen molar-refractivity contribution < 1.29 is 24.9 Å². The molecule has 0 saturated carbocycles. The Hall–Kier alpha value is -1.80. The van der Waals surface area contributed by atoms with Crippen molar-refractivity contribution in [3.8, 4) is 0 Å². The van der Waals surface area contributed by atoms with Gasteiger partial charge in [-0.25, -0.2) is 9.59 Å². The zero-order chi connectivity index (χ0) is 19.8. The van der Waals surface area contributed by atoms with E-state index in [2.05, 4.69) is 5.32 Å². The number of aliphatic carboxylic acids is 2. The average molecular weight is 393 g/mol. The highest BCUT2D eigenvalue weighted by molar-refractivity contribution is 6.38. The van der Waals surface area contributed by atoms with Crippen molar-refractivity contribution in [2.24, 2.45) is 0 Å². The summed E-state index contributed by atoms with van der Waals surface area (Å²) in [4.78, 5) is 19.1. The number of aliphatic hydroxyl groups excluding tert-OH is 1. The predicted octanol–water partition coefficient (Wildman–Crippen LogP) is 2.71. The Balaban J connectivity index is 0.000000609. The standard InChI is InChI=1S/C12H18Cl2N2O.C4H4O4/c1-12(2,3)16-6-10(17)7-4-8(13)11(15)9(14)5-7;5-3(6)1-2-4(7)8/h4-5,10,16-17H,6,15H2,1-3H3;1-2H,(H,5,6)(H,7,8)/b;2-1+. The monoisotopic (exact) mass is 392 g/mol. The number of carbonyl (C=O) groups is 2. The number of carboxylic acids is 2. The summed E-state index contributed by atoms with van der Waals surface area (Å²) in [5, 5.41) is 29.6. The van der Waals surface area contributed by atoms with Gasteiger partial charge in [-0.15, -0.1) is 0 Å². The maximum atomic E-state index is 10.0. The fourth-order valence-electron chi connectivity index (χ4n) is 1.46. The molecule has 0 aliphatic heterocycles. The lowest BCUT2D eigenvalue weighted by Crippen LogP contribution is -2.38. The summed E-state index contributed by atoms with van der Waals surface area (Å²) in [7, 11) is 0. The van der Waals surface area contributed by atoms with Crippen LogP contribution in [0.15, 0.2) is 24.3 Å². The molecule has 0 amide bonds. The first-order chi connectivity index (χ1) is 11.3. The van der Waals surface area contributed by atoms with E-state index in [4.69, 9.17) is 39.1 Å². The summed E-state index contributed by atoms with van der Waals surface area (Å²) in [6.45, 7) is 6.52. The Bertz CT molecular complexity index is 603. The van der Waals surface area contributed by atoms with E-state index >= 15 is 0 Å². The molecule has 25 heavy (non-hydrogen) atoms. The van der Waals surface area contributed by atoms with Crippen molar-refractivity contribution in [1.29, 1.82) is 0 Å². The quantitative estimate of drug-likeness (QED) is 0.384. The van der Waals surface area contributed by atoms with Gasteiger partial charge in [0.15, 0.2) is 0 Å². The number of benzene rings is 1. The minimum Gasteiger partial charge on any atom is -0.478 e. The van der Waals surface area contributed by atoms with Crippen LogP contribution in [0.25, 0.3) is 0 Å². The lowest BCUT2D eigenvalue weighted by atomic mass is 10.1. The van der Waals surface area contributed by atoms with Gasteiger partial charge < -0.3 is 26.4 Å². The molecule has 1 rings (SSSR count). The smallest absolute Gasteiger partial charge is 0.328 e. The molecule has 0 saturated heterocycles. The number of hydrogen-bond acceptors (Lipinski definition) is 5. The molecule has 0 aliphatic carbocycles. The van der Waals surface area contributed by atoms with E-state index in [0.29, 0.717) is 40.0 Å². The van der Waals surface area contributed by atoms with Crippen LogP contribution in [0, 0.1) is 0 Å². The van der Waals surface area contributed by atoms with Gasteiger partial charge in [-0.05, 0) is 38.5 Å². The average Bonchev–Trinajstić information content (AvgIpc) is 2.47. The third-order valence-electron chi connectivity index (χ3n) is 2.68. The van der Waals surface area contributed by atoms with Crippen molar-refractivity contribution in [2.75, 3.05) is 12.3 Å². The zero-order valence-corrected chi connectivity index (χ0v) is 15.6. The molecule has 1 aromatic carbocycles. The van der Waals surface area contributed by atoms with Gasteiger partial charge in [-0.2, -0.15) is 0 Å². The highest BCUT2D eigenvalue weighted by Crippen LogP contribution is 2.31. The van der Waals surface area contributed by atoms with Crippen LogP contribution >= 0.6 is 23.2 Å². The van der Waals surface area contributed by atoms with Gasteiger partial charge in [0.25, 0.3) is 0 Å². The normalized spacial score (nSPS) is 12.4. The third kappa shape index (κ3) is 10.6. The number of nitrogens with one attached hydrogen (secondary N) is 1. The largest absolute Gasteiger partial charge is 0.478 e. The molecule has 1 unspecified atom stereocenters. The SMILES string of the molecule is CC(C)(C)NCC(O)c1cc(Cl)c(N)c(Cl)c1.O=C(O)/C=C/C(=O)O. The summed E-state index contributed by atoms with van der Waals surface area (Å²) >= 11 is 11.8. The number of aliphatic hydroxyl groups is 1. The van der Waals surface area contributed by atoms with E-state index < -0.39 is 18.0 Å². The van der Waals surface area contributed by atoms with E-state index in [1.54, 1.807) is 12.1 Å². The van der Waals surface area contributed by atoms with Crippen LogP contribution in [0.5, 0.6) is 0 Å². The molecule has 140 valence electrons. The number of nitrogen functional groups attached to an aromatic ring is 1. The first kappa shape index (κ1) is 23.2. The van der Waals surface area contributed by atoms with E-state index in [9.17, 15) is 14.7 Å². The number of nitrogens with two attached hydrogens (primary N) is 1. The Labute approximate surface area is 156 Å². The number of β-amino-alcohol motifs (C(OH)–C–C–N with tert-alkyl or cyclic N) is 1. The molecule has 0 fully saturated rings. The second kappa shape index (κ2) is 10.2. The van der Waals surface area contributed by atoms with E-state index in [1.807, 2.05) is 20.8 Å². The molecule has 0 radical (unpaired) electrons. The van der Waals surface area contributed by atoms with Crippen LogP contribution in [0.2, 0.25) is 10.0 Å². The molecular weight excluding hydrogens is 371 g/mol. The number of carboxylic acid groups (broad SMARTS) is 2. The fourth-order valence-corrected chi connectivity index (χ4v) is 1.96. The number of hydrogen-bond donors (Lipinski definition) is 5. The van der Waals surface area contributed by atoms with Gasteiger partial charge in [-0.1, -0.05) is 23.2 Å². The van der Waals surface area contributed by atoms with Crippen LogP contribution in [0.4, 0.5) is 5.69 Å². The Kier molecular flexibility index (Phi) is 9.51. The molecule has 9 heteroatoms. The van der Waals surface area contributed by atoms with E-state index in [0.717, 1.165) is 0 Å². The molecule has 7 nitrogen and oxygen atoms in total. The minimum atomic E-state index is -1.26. The number of halogens is 2. The summed E-state index contributed by atoms with van der Waals surface area (Å²) in [5.74, 6) is -2.51. The Morgan fingerprint density at radius 1 is 1.16 bits per heavy atom. The van der Waals surface area contributed by atoms with Gasteiger partial charge in [0.1, 0.15) is 0 Å². The van der Waals surface area contributed by atoms with Crippen LogP contribution in [0.1, 0.15) is 32.4 Å². The summed E-state index contributed by atoms with van der Waals surface area (Å²) in [6, 6.07) is 3.27. The van der Waals surface area contributed by atoms with Gasteiger partial charge >= 0.3 is 11.9 Å². The van der Waals surface area contributed by atoms with Crippen LogP contribution in [-0.4, -0.2) is 39.3 Å². The fraction of sp³-hybridized carbons (Fsp3) is 0.375. The molecule has 1 aromatic rings. The lowest BCUT2D eigenvalue weighted by molar-refractivity contribution is -0.134. The molecule has 0 aliphatic rings. The van der Waals surface area contributed by atoms with Crippen molar-refractivity contribution >= 4 is 40.8 Å². The van der Waals surface area contributed by atoms with Gasteiger partial charge in [0, 0.05) is 24.2 Å². The van der Waals surface area contributed by atoms with Crippen molar-refractivity contribution in [1.82, 2.24) is 5.32 Å². The minimum absolute atomic E-state index is 0.0532. The van der Waals surface area contributed by atoms with E-state index in [-0.39, 0.29) is 5.54 Å². The predicted molar refractivity (Wildman–Crippen MR) is 98.0 cm³/mol. The number of rotatable bonds is 5. The Morgan fingerprint density at radius 2 is 1.56 bits per heavy atom. The van der Waals surface area contributed by atoms with Crippen molar-refractivity contribution in [3.63, 3.8) is 0 Å². The van der Waals surface area contributed by atoms with Gasteiger partial charge in [-0.3, -0.25) is 0 Å². The second-order valence-electron chi connectivity index (χ2n) is 6.05. The first-order valence-corrected chi connectivity index (χ1v) is 7.90. The second-order valence-corrected chi connectivity index (χ2v) is 6.87. The summed E-state index contributed by atoms with van der Waals surface area (Å²) < 4.78 is 0. The highest BCUT2D eigenvalue weighted by Gasteiger charge is 2.15. The zero-order valence-electron chi connectivity index (χ0n) is 14.1. The summed E-state index contributed by atoms with van der Waals surface area (Å²) in [5.41, 5.74) is 6.58. The van der Waals surface area contributed by atoms with Crippen LogP contribution in [0.3, 0.4) is 0 Å². The van der Waals surface area contributed by atoms with Crippen LogP contribution < -0.4 is 11.1 Å². The van der Waals surface area contributed by atoms with Gasteiger partial charge in [0.05, 0.1) is 21.8 Å². The third-order valence-corrected chi connectivity index (χ3v) is 3.31. The van der Waals surface area contributed by atoms with Crippen LogP contribution in [-0.2, 0) is 9.59 Å². The van der Waals surface area contributed by atoms with Crippen molar-refractivity contribution in [3.05, 3.63) is 39.9 Å². The first-order valence-electron chi connectivity index (χ1n) is 7.15. The lowest BCUT2D eigenvalue weighted by Gasteiger charge is -2.23.